The van der Waals surface area contributed by atoms with Crippen molar-refractivity contribution in [2.24, 2.45) is 0 Å². The van der Waals surface area contributed by atoms with E-state index in [0.29, 0.717) is 5.92 Å². The largest absolute Gasteiger partial charge is 0.305 e. The van der Waals surface area contributed by atoms with Crippen molar-refractivity contribution in [3.05, 3.63) is 138 Å². The smallest absolute Gasteiger partial charge is 0.0799 e. The third-order valence-corrected chi connectivity index (χ3v) is 12.6. The van der Waals surface area contributed by atoms with Crippen molar-refractivity contribution in [1.82, 2.24) is 9.97 Å². The maximum atomic E-state index is 4.82. The monoisotopic (exact) mass is 851 g/mol. The zero-order valence-corrected chi connectivity index (χ0v) is 33.1. The molecule has 49 heavy (non-hydrogen) atoms. The van der Waals surface area contributed by atoms with Crippen molar-refractivity contribution in [3.8, 4) is 33.6 Å². The molecule has 1 aliphatic carbocycles. The molecule has 5 heteroatoms. The molecule has 0 bridgehead atoms. The average molecular weight is 851 g/mol. The Morgan fingerprint density at radius 3 is 2.31 bits per heavy atom. The van der Waals surface area contributed by atoms with Gasteiger partial charge in [-0.15, -0.1) is 59.7 Å². The average Bonchev–Trinajstić information content (AvgIpc) is 3.50. The molecule has 0 aliphatic heterocycles. The predicted octanol–water partition coefficient (Wildman–Crippen LogP) is 11.7. The summed E-state index contributed by atoms with van der Waals surface area (Å²) in [6, 6.07) is 41.0. The Kier molecular flexibility index (Phi) is 10.8. The minimum atomic E-state index is -1.34. The summed E-state index contributed by atoms with van der Waals surface area (Å²) >= 11 is 1.87. The molecule has 249 valence electrons. The van der Waals surface area contributed by atoms with Gasteiger partial charge in [-0.05, 0) is 87.6 Å². The van der Waals surface area contributed by atoms with Crippen LogP contribution in [0.1, 0.15) is 49.3 Å². The van der Waals surface area contributed by atoms with E-state index in [4.69, 9.17) is 4.98 Å². The van der Waals surface area contributed by atoms with Crippen LogP contribution in [0.4, 0.5) is 0 Å². The van der Waals surface area contributed by atoms with Crippen LogP contribution in [0.5, 0.6) is 0 Å². The summed E-state index contributed by atoms with van der Waals surface area (Å²) in [5.74, 6) is 0.534. The predicted molar refractivity (Wildman–Crippen MR) is 209 cm³/mol. The van der Waals surface area contributed by atoms with E-state index in [2.05, 4.69) is 136 Å². The van der Waals surface area contributed by atoms with Crippen LogP contribution in [0.2, 0.25) is 19.6 Å². The van der Waals surface area contributed by atoms with Gasteiger partial charge in [-0.2, -0.15) is 11.3 Å². The number of aryl methyl sites for hydroxylation is 1. The number of fused-ring (bicyclic) bond motifs is 4. The SMILES string of the molecule is CC(C)c1cc(-c2[c-]cccc2)ncc1[Si](C)(C)C.[Ir].[c-]1ccc2c(sc3ccc(-c4ccccc4)cc32)c1-c1nccc2c1CCCC2. The number of aromatic nitrogens is 2. The zero-order chi connectivity index (χ0) is 33.3. The number of hydrogen-bond donors (Lipinski definition) is 0. The molecule has 4 aromatic carbocycles. The number of benzene rings is 4. The first-order valence-electron chi connectivity index (χ1n) is 17.1. The van der Waals surface area contributed by atoms with Gasteiger partial charge in [-0.3, -0.25) is 0 Å². The van der Waals surface area contributed by atoms with Crippen LogP contribution in [-0.2, 0) is 32.9 Å². The zero-order valence-electron chi connectivity index (χ0n) is 28.9. The summed E-state index contributed by atoms with van der Waals surface area (Å²) < 4.78 is 2.63. The fourth-order valence-corrected chi connectivity index (χ4v) is 9.74. The normalized spacial score (nSPS) is 12.7. The van der Waals surface area contributed by atoms with Gasteiger partial charge in [0, 0.05) is 37.2 Å². The molecule has 0 saturated carbocycles. The van der Waals surface area contributed by atoms with Crippen molar-refractivity contribution >= 4 is 44.8 Å². The fraction of sp³-hybridized carbons (Fsp3) is 0.227. The molecule has 3 aromatic heterocycles. The third kappa shape index (κ3) is 7.42. The second-order valence-electron chi connectivity index (χ2n) is 14.1. The summed E-state index contributed by atoms with van der Waals surface area (Å²) in [4.78, 5) is 9.49. The molecule has 7 aromatic rings. The first-order chi connectivity index (χ1) is 23.3. The maximum Gasteiger partial charge on any atom is 0.0799 e. The molecule has 0 fully saturated rings. The Labute approximate surface area is 310 Å². The minimum absolute atomic E-state index is 0. The van der Waals surface area contributed by atoms with Gasteiger partial charge in [-0.25, -0.2) is 0 Å². The van der Waals surface area contributed by atoms with Crippen LogP contribution in [0.15, 0.2) is 109 Å². The Balaban J connectivity index is 0.000000183. The van der Waals surface area contributed by atoms with Gasteiger partial charge < -0.3 is 9.97 Å². The molecule has 3 heterocycles. The van der Waals surface area contributed by atoms with Gasteiger partial charge in [0.05, 0.1) is 8.07 Å². The van der Waals surface area contributed by atoms with Gasteiger partial charge in [-0.1, -0.05) is 98.0 Å². The summed E-state index contributed by atoms with van der Waals surface area (Å²) in [7, 11) is -1.34. The number of rotatable bonds is 5. The summed E-state index contributed by atoms with van der Waals surface area (Å²) in [5.41, 5.74) is 11.3. The Hall–Kier alpha value is -3.73. The van der Waals surface area contributed by atoms with E-state index >= 15 is 0 Å². The Bertz CT molecular complexity index is 2200. The molecule has 0 saturated heterocycles. The Morgan fingerprint density at radius 2 is 1.55 bits per heavy atom. The van der Waals surface area contributed by atoms with E-state index in [1.165, 1.54) is 78.0 Å². The first-order valence-corrected chi connectivity index (χ1v) is 21.5. The van der Waals surface area contributed by atoms with Crippen LogP contribution < -0.4 is 5.19 Å². The molecule has 8 rings (SSSR count). The third-order valence-electron chi connectivity index (χ3n) is 9.40. The number of thiophene rings is 1. The minimum Gasteiger partial charge on any atom is -0.305 e. The van der Waals surface area contributed by atoms with Gasteiger partial charge in [0.25, 0.3) is 0 Å². The van der Waals surface area contributed by atoms with Crippen molar-refractivity contribution in [3.63, 3.8) is 0 Å². The first kappa shape index (κ1) is 35.1. The number of hydrogen-bond acceptors (Lipinski definition) is 3. The van der Waals surface area contributed by atoms with Crippen LogP contribution in [0.3, 0.4) is 0 Å². The number of nitrogens with zero attached hydrogens (tertiary/aromatic N) is 2. The summed E-state index contributed by atoms with van der Waals surface area (Å²) in [5, 5.41) is 4.11. The van der Waals surface area contributed by atoms with E-state index in [9.17, 15) is 0 Å². The van der Waals surface area contributed by atoms with Crippen molar-refractivity contribution < 1.29 is 20.1 Å². The second-order valence-corrected chi connectivity index (χ2v) is 20.2. The molecule has 0 unspecified atom stereocenters. The molecule has 0 N–H and O–H groups in total. The molecular weight excluding hydrogens is 809 g/mol. The van der Waals surface area contributed by atoms with E-state index in [1.807, 2.05) is 35.7 Å². The van der Waals surface area contributed by atoms with Crippen LogP contribution >= 0.6 is 11.3 Å². The molecule has 0 amide bonds. The maximum absolute atomic E-state index is 4.82. The quantitative estimate of drug-likeness (QED) is 0.127. The van der Waals surface area contributed by atoms with Gasteiger partial charge >= 0.3 is 0 Å². The molecule has 0 atom stereocenters. The fourth-order valence-electron chi connectivity index (χ4n) is 6.88. The number of pyridine rings is 2. The summed E-state index contributed by atoms with van der Waals surface area (Å²) in [6.07, 6.45) is 8.92. The van der Waals surface area contributed by atoms with Crippen molar-refractivity contribution in [2.45, 2.75) is 65.1 Å². The van der Waals surface area contributed by atoms with E-state index in [-0.39, 0.29) is 20.1 Å². The second kappa shape index (κ2) is 15.0. The molecular formula is C44H42IrN2SSi-2. The molecule has 1 aliphatic rings. The van der Waals surface area contributed by atoms with Gasteiger partial charge in [0.2, 0.25) is 0 Å². The van der Waals surface area contributed by atoms with Crippen molar-refractivity contribution in [1.29, 1.82) is 0 Å². The van der Waals surface area contributed by atoms with Crippen LogP contribution in [0.25, 0.3) is 53.8 Å². The van der Waals surface area contributed by atoms with E-state index in [0.717, 1.165) is 23.4 Å². The van der Waals surface area contributed by atoms with Gasteiger partial charge in [0.15, 0.2) is 0 Å². The molecule has 1 radical (unpaired) electrons. The standard InChI is InChI=1S/C27H20NS.C17H22NSi.Ir/c1-2-7-18(8-3-1)20-13-14-25-24(17-20)22-11-6-12-23(27(22)29-25)26-21-10-5-4-9-19(21)15-16-28-26;1-13(2)15-11-16(14-9-7-6-8-10-14)18-12-17(15)19(3,4)5;/h1-3,6-8,11,13-17H,4-5,9-10H2;6-9,11-13H,1-5H3;/q2*-1;. The van der Waals surface area contributed by atoms with Crippen molar-refractivity contribution in [2.75, 3.05) is 0 Å². The van der Waals surface area contributed by atoms with Gasteiger partial charge in [0.1, 0.15) is 0 Å². The van der Waals surface area contributed by atoms with E-state index < -0.39 is 8.07 Å². The molecule has 2 nitrogen and oxygen atoms in total. The Morgan fingerprint density at radius 1 is 0.755 bits per heavy atom. The van der Waals surface area contributed by atoms with Crippen LogP contribution in [-0.4, -0.2) is 18.0 Å². The molecule has 0 spiro atoms. The van der Waals surface area contributed by atoms with E-state index in [1.54, 1.807) is 0 Å². The summed E-state index contributed by atoms with van der Waals surface area (Å²) in [6.45, 7) is 11.7. The topological polar surface area (TPSA) is 25.8 Å². The van der Waals surface area contributed by atoms with Crippen LogP contribution in [0, 0.1) is 12.1 Å².